The quantitative estimate of drug-likeness (QED) is 0.492. The lowest BCUT2D eigenvalue weighted by atomic mass is 9.91. The number of benzene rings is 1. The zero-order valence-electron chi connectivity index (χ0n) is 18.8. The predicted octanol–water partition coefficient (Wildman–Crippen LogP) is 5.99. The number of carbonyl (C=O) groups excluding carboxylic acids is 1. The van der Waals surface area contributed by atoms with Gasteiger partial charge in [0.15, 0.2) is 0 Å². The van der Waals surface area contributed by atoms with Gasteiger partial charge in [0.2, 0.25) is 0 Å². The third kappa shape index (κ3) is 6.15. The van der Waals surface area contributed by atoms with Crippen LogP contribution in [0.4, 0.5) is 10.5 Å². The van der Waals surface area contributed by atoms with Crippen LogP contribution in [-0.2, 0) is 0 Å². The van der Waals surface area contributed by atoms with Crippen molar-refractivity contribution in [1.29, 1.82) is 0 Å². The molecule has 2 aromatic rings. The first kappa shape index (κ1) is 22.0. The summed E-state index contributed by atoms with van der Waals surface area (Å²) in [6.45, 7) is 11.6. The maximum atomic E-state index is 12.2. The third-order valence-electron chi connectivity index (χ3n) is 5.31. The van der Waals surface area contributed by atoms with Crippen molar-refractivity contribution < 1.29 is 4.79 Å². The number of aromatic nitrogens is 1. The molecule has 1 aliphatic rings. The summed E-state index contributed by atoms with van der Waals surface area (Å²) >= 11 is 0. The Kier molecular flexibility index (Phi) is 7.24. The van der Waals surface area contributed by atoms with Crippen molar-refractivity contribution in [2.75, 3.05) is 25.0 Å². The van der Waals surface area contributed by atoms with Gasteiger partial charge >= 0.3 is 6.03 Å². The first-order valence-corrected chi connectivity index (χ1v) is 11.1. The van der Waals surface area contributed by atoms with Crippen LogP contribution in [0, 0.1) is 5.41 Å². The molecule has 5 nitrogen and oxygen atoms in total. The van der Waals surface area contributed by atoms with Crippen molar-refractivity contribution in [3.8, 4) is 0 Å². The zero-order chi connectivity index (χ0) is 21.6. The number of amides is 2. The summed E-state index contributed by atoms with van der Waals surface area (Å²) in [5.41, 5.74) is 3.50. The lowest BCUT2D eigenvalue weighted by molar-refractivity contribution is 0.238. The second kappa shape index (κ2) is 9.88. The number of urea groups is 1. The molecule has 0 saturated heterocycles. The van der Waals surface area contributed by atoms with E-state index >= 15 is 0 Å². The molecule has 1 aromatic carbocycles. The second-order valence-electron chi connectivity index (χ2n) is 9.37. The van der Waals surface area contributed by atoms with Gasteiger partial charge in [-0.3, -0.25) is 0 Å². The molecule has 1 aromatic heterocycles. The first-order valence-electron chi connectivity index (χ1n) is 11.1. The minimum absolute atomic E-state index is 0.178. The van der Waals surface area contributed by atoms with Gasteiger partial charge in [-0.25, -0.2) is 4.79 Å². The van der Waals surface area contributed by atoms with E-state index in [0.29, 0.717) is 17.9 Å². The highest BCUT2D eigenvalue weighted by molar-refractivity contribution is 5.94. The van der Waals surface area contributed by atoms with E-state index in [1.807, 2.05) is 18.2 Å². The highest BCUT2D eigenvalue weighted by Gasteiger charge is 2.21. The van der Waals surface area contributed by atoms with E-state index < -0.39 is 0 Å². The Morgan fingerprint density at radius 3 is 2.83 bits per heavy atom. The molecular formula is C25H36N4O. The third-order valence-corrected chi connectivity index (χ3v) is 5.31. The summed E-state index contributed by atoms with van der Waals surface area (Å²) in [6.07, 6.45) is 14.0. The molecule has 0 saturated carbocycles. The normalized spacial score (nSPS) is 17.1. The number of aromatic amines is 1. The van der Waals surface area contributed by atoms with Gasteiger partial charge in [-0.2, -0.15) is 0 Å². The van der Waals surface area contributed by atoms with Crippen LogP contribution in [0.2, 0.25) is 0 Å². The summed E-state index contributed by atoms with van der Waals surface area (Å²) in [7, 11) is 0. The number of rotatable bonds is 7. The topological polar surface area (TPSA) is 60.2 Å². The molecule has 3 rings (SSSR count). The molecule has 30 heavy (non-hydrogen) atoms. The van der Waals surface area contributed by atoms with Gasteiger partial charge in [0.05, 0.1) is 0 Å². The number of allylic oxidation sites excluding steroid dienone is 2. The average Bonchev–Trinajstić information content (AvgIpc) is 3.10. The Hall–Kier alpha value is -2.69. The number of fused-ring (bicyclic) bond motifs is 1. The van der Waals surface area contributed by atoms with E-state index in [-0.39, 0.29) is 6.03 Å². The molecular weight excluding hydrogens is 372 g/mol. The minimum Gasteiger partial charge on any atom is -0.377 e. The maximum Gasteiger partial charge on any atom is 0.319 e. The molecule has 0 fully saturated rings. The van der Waals surface area contributed by atoms with Crippen LogP contribution in [0.1, 0.15) is 58.4 Å². The largest absolute Gasteiger partial charge is 0.377 e. The molecule has 0 spiro atoms. The Bertz CT molecular complexity index is 903. The molecule has 2 amide bonds. The van der Waals surface area contributed by atoms with E-state index in [2.05, 4.69) is 78.8 Å². The molecule has 3 N–H and O–H groups in total. The van der Waals surface area contributed by atoms with E-state index in [0.717, 1.165) is 43.6 Å². The van der Waals surface area contributed by atoms with Gasteiger partial charge in [-0.15, -0.1) is 0 Å². The number of H-pyrrole nitrogens is 1. The number of nitrogens with one attached hydrogen (secondary N) is 3. The lowest BCUT2D eigenvalue weighted by Crippen LogP contribution is -2.32. The van der Waals surface area contributed by atoms with Gasteiger partial charge < -0.3 is 20.5 Å². The summed E-state index contributed by atoms with van der Waals surface area (Å²) in [4.78, 5) is 18.0. The molecule has 1 aliphatic heterocycles. The number of unbranched alkanes of at least 4 members (excludes halogenated alkanes) is 1. The van der Waals surface area contributed by atoms with Gasteiger partial charge in [-0.05, 0) is 48.2 Å². The SMILES string of the molecule is CCC/C=C/CNC(=O)Nc1ccc2[nH]cc(C3C=CN(CC(C)(C)C)CC3)c2c1. The van der Waals surface area contributed by atoms with Crippen molar-refractivity contribution in [2.24, 2.45) is 5.41 Å². The van der Waals surface area contributed by atoms with Crippen LogP contribution >= 0.6 is 0 Å². The standard InChI is InChI=1S/C25H36N4O/c1-5-6-7-8-13-26-24(30)28-20-9-10-23-21(16-20)22(17-27-23)19-11-14-29(15-12-19)18-25(2,3)4/h7-11,14,16-17,19,27H,5-6,12-13,15,18H2,1-4H3,(H2,26,28,30)/b8-7+. The summed E-state index contributed by atoms with van der Waals surface area (Å²) in [5.74, 6) is 0.391. The Morgan fingerprint density at radius 1 is 1.30 bits per heavy atom. The van der Waals surface area contributed by atoms with E-state index in [1.54, 1.807) is 0 Å². The molecule has 0 aliphatic carbocycles. The zero-order valence-corrected chi connectivity index (χ0v) is 18.8. The monoisotopic (exact) mass is 408 g/mol. The molecule has 0 radical (unpaired) electrons. The maximum absolute atomic E-state index is 12.2. The van der Waals surface area contributed by atoms with Gasteiger partial charge in [0, 0.05) is 48.3 Å². The lowest BCUT2D eigenvalue weighted by Gasteiger charge is -2.33. The van der Waals surface area contributed by atoms with Crippen LogP contribution in [0.15, 0.2) is 48.8 Å². The van der Waals surface area contributed by atoms with Crippen LogP contribution in [0.3, 0.4) is 0 Å². The van der Waals surface area contributed by atoms with Crippen molar-refractivity contribution >= 4 is 22.6 Å². The van der Waals surface area contributed by atoms with Crippen molar-refractivity contribution in [1.82, 2.24) is 15.2 Å². The van der Waals surface area contributed by atoms with Gasteiger partial charge in [0.1, 0.15) is 0 Å². The number of anilines is 1. The molecule has 1 unspecified atom stereocenters. The van der Waals surface area contributed by atoms with E-state index in [9.17, 15) is 4.79 Å². The van der Waals surface area contributed by atoms with E-state index in [4.69, 9.17) is 0 Å². The van der Waals surface area contributed by atoms with Crippen molar-refractivity contribution in [3.05, 3.63) is 54.4 Å². The first-order chi connectivity index (χ1) is 14.4. The Balaban J connectivity index is 1.65. The minimum atomic E-state index is -0.178. The number of carbonyl (C=O) groups is 1. The summed E-state index contributed by atoms with van der Waals surface area (Å²) in [5, 5.41) is 7.00. The van der Waals surface area contributed by atoms with Crippen LogP contribution in [-0.4, -0.2) is 35.5 Å². The molecule has 162 valence electrons. The molecule has 1 atom stereocenters. The Morgan fingerprint density at radius 2 is 2.13 bits per heavy atom. The highest BCUT2D eigenvalue weighted by Crippen LogP contribution is 2.33. The average molecular weight is 409 g/mol. The van der Waals surface area contributed by atoms with Crippen LogP contribution in [0.5, 0.6) is 0 Å². The molecule has 2 heterocycles. The van der Waals surface area contributed by atoms with Crippen molar-refractivity contribution in [3.63, 3.8) is 0 Å². The highest BCUT2D eigenvalue weighted by atomic mass is 16.2. The fourth-order valence-electron chi connectivity index (χ4n) is 3.92. The second-order valence-corrected chi connectivity index (χ2v) is 9.37. The number of nitrogens with zero attached hydrogens (tertiary/aromatic N) is 1. The van der Waals surface area contributed by atoms with Gasteiger partial charge in [-0.1, -0.05) is 52.3 Å². The van der Waals surface area contributed by atoms with Crippen LogP contribution < -0.4 is 10.6 Å². The van der Waals surface area contributed by atoms with Crippen LogP contribution in [0.25, 0.3) is 10.9 Å². The molecule has 0 bridgehead atoms. The molecule has 5 heteroatoms. The number of hydrogen-bond donors (Lipinski definition) is 3. The smallest absolute Gasteiger partial charge is 0.319 e. The van der Waals surface area contributed by atoms with Gasteiger partial charge in [0.25, 0.3) is 0 Å². The Labute approximate surface area is 180 Å². The summed E-state index contributed by atoms with van der Waals surface area (Å²) < 4.78 is 0. The predicted molar refractivity (Wildman–Crippen MR) is 127 cm³/mol. The van der Waals surface area contributed by atoms with Crippen molar-refractivity contribution in [2.45, 2.75) is 52.9 Å². The fraction of sp³-hybridized carbons (Fsp3) is 0.480. The summed E-state index contributed by atoms with van der Waals surface area (Å²) in [6, 6.07) is 5.87. The fourth-order valence-corrected chi connectivity index (χ4v) is 3.92. The van der Waals surface area contributed by atoms with E-state index in [1.165, 1.54) is 10.9 Å². The number of hydrogen-bond acceptors (Lipinski definition) is 2.